The summed E-state index contributed by atoms with van der Waals surface area (Å²) in [5.74, 6) is -1.44. The van der Waals surface area contributed by atoms with Crippen molar-refractivity contribution in [2.45, 2.75) is 12.4 Å². The number of hydrogen-bond donors (Lipinski definition) is 1. The highest BCUT2D eigenvalue weighted by Crippen LogP contribution is 2.38. The van der Waals surface area contributed by atoms with Gasteiger partial charge in [-0.05, 0) is 42.5 Å². The molecule has 1 amide bonds. The van der Waals surface area contributed by atoms with Gasteiger partial charge in [0.15, 0.2) is 5.65 Å². The molecule has 3 aromatic rings. The average molecular weight is 432 g/mol. The Hall–Kier alpha value is -3.44. The van der Waals surface area contributed by atoms with Gasteiger partial charge in [0.25, 0.3) is 5.91 Å². The Morgan fingerprint density at radius 1 is 0.933 bits per heavy atom. The van der Waals surface area contributed by atoms with Crippen LogP contribution in [0.2, 0.25) is 0 Å². The molecule has 0 bridgehead atoms. The molecule has 0 unspecified atom stereocenters. The van der Waals surface area contributed by atoms with Gasteiger partial charge in [0.2, 0.25) is 0 Å². The third kappa shape index (κ3) is 4.42. The zero-order valence-electron chi connectivity index (χ0n) is 14.9. The van der Waals surface area contributed by atoms with Gasteiger partial charge in [-0.1, -0.05) is 0 Å². The topological polar surface area (TPSA) is 58.1 Å². The van der Waals surface area contributed by atoms with E-state index in [1.165, 1.54) is 19.2 Å². The van der Waals surface area contributed by atoms with Gasteiger partial charge in [0.1, 0.15) is 17.3 Å². The van der Waals surface area contributed by atoms with Crippen LogP contribution in [-0.4, -0.2) is 22.9 Å². The second-order valence-electron chi connectivity index (χ2n) is 6.10. The fourth-order valence-electron chi connectivity index (χ4n) is 2.54. The van der Waals surface area contributed by atoms with Crippen molar-refractivity contribution in [3.8, 4) is 0 Å². The minimum atomic E-state index is -5.12. The molecular formula is C18H11F7N4O. The predicted molar refractivity (Wildman–Crippen MR) is 91.8 cm³/mol. The number of nitrogens with zero attached hydrogens (tertiary/aromatic N) is 3. The van der Waals surface area contributed by atoms with E-state index in [0.29, 0.717) is 0 Å². The predicted octanol–water partition coefficient (Wildman–Crippen LogP) is 4.59. The van der Waals surface area contributed by atoms with Gasteiger partial charge in [-0.3, -0.25) is 15.2 Å². The molecule has 0 saturated carbocycles. The van der Waals surface area contributed by atoms with Gasteiger partial charge < -0.3 is 0 Å². The first kappa shape index (κ1) is 21.3. The molecule has 5 nitrogen and oxygen atoms in total. The SMILES string of the molecule is CN(NC(=O)c1ccc(F)cc1)c1ccc2c(C(F)(F)F)cc(C(F)(F)F)nc2n1. The molecule has 12 heteroatoms. The van der Waals surface area contributed by atoms with Crippen LogP contribution in [0, 0.1) is 5.82 Å². The molecule has 2 aromatic heterocycles. The van der Waals surface area contributed by atoms with E-state index in [2.05, 4.69) is 15.4 Å². The van der Waals surface area contributed by atoms with Crippen molar-refractivity contribution >= 4 is 22.8 Å². The second kappa shape index (κ2) is 7.43. The second-order valence-corrected chi connectivity index (χ2v) is 6.10. The highest BCUT2D eigenvalue weighted by atomic mass is 19.4. The molecule has 0 fully saturated rings. The van der Waals surface area contributed by atoms with E-state index in [9.17, 15) is 35.5 Å². The first-order valence-corrected chi connectivity index (χ1v) is 8.13. The van der Waals surface area contributed by atoms with Crippen LogP contribution >= 0.6 is 0 Å². The molecule has 0 aliphatic carbocycles. The maximum Gasteiger partial charge on any atom is 0.433 e. The minimum absolute atomic E-state index is 0.0703. The van der Waals surface area contributed by atoms with Gasteiger partial charge in [0.05, 0.1) is 5.56 Å². The van der Waals surface area contributed by atoms with E-state index in [0.717, 1.165) is 29.3 Å². The zero-order chi connectivity index (χ0) is 22.3. The number of halogens is 7. The summed E-state index contributed by atoms with van der Waals surface area (Å²) in [7, 11) is 1.27. The monoisotopic (exact) mass is 432 g/mol. The highest BCUT2D eigenvalue weighted by molar-refractivity contribution is 5.95. The molecule has 1 aromatic carbocycles. The van der Waals surface area contributed by atoms with Crippen LogP contribution in [0.25, 0.3) is 11.0 Å². The van der Waals surface area contributed by atoms with Crippen molar-refractivity contribution in [3.63, 3.8) is 0 Å². The summed E-state index contributed by atoms with van der Waals surface area (Å²) in [6.07, 6.45) is -10.2. The van der Waals surface area contributed by atoms with Crippen molar-refractivity contribution < 1.29 is 35.5 Å². The first-order valence-electron chi connectivity index (χ1n) is 8.13. The van der Waals surface area contributed by atoms with Gasteiger partial charge in [-0.15, -0.1) is 0 Å². The number of rotatable bonds is 3. The standard InChI is InChI=1S/C18H11F7N4O/c1-29(28-16(30)9-2-4-10(19)5-3-9)14-7-6-11-12(17(20,21)22)8-13(18(23,24)25)26-15(11)27-14/h2-8H,1H3,(H,28,30). The molecule has 3 rings (SSSR count). The number of anilines is 1. The molecule has 1 N–H and O–H groups in total. The smallest absolute Gasteiger partial charge is 0.271 e. The van der Waals surface area contributed by atoms with Gasteiger partial charge in [-0.25, -0.2) is 14.4 Å². The van der Waals surface area contributed by atoms with Gasteiger partial charge in [0, 0.05) is 18.0 Å². The largest absolute Gasteiger partial charge is 0.433 e. The summed E-state index contributed by atoms with van der Waals surface area (Å²) in [5.41, 5.74) is -1.68. The number of carbonyl (C=O) groups excluding carboxylic acids is 1. The van der Waals surface area contributed by atoms with Crippen LogP contribution in [-0.2, 0) is 12.4 Å². The average Bonchev–Trinajstić information content (AvgIpc) is 2.65. The Labute approximate surface area is 164 Å². The van der Waals surface area contributed by atoms with Crippen LogP contribution in [0.4, 0.5) is 36.6 Å². The lowest BCUT2D eigenvalue weighted by Gasteiger charge is -2.20. The number of fused-ring (bicyclic) bond motifs is 1. The number of nitrogens with one attached hydrogen (secondary N) is 1. The first-order chi connectivity index (χ1) is 13.9. The summed E-state index contributed by atoms with van der Waals surface area (Å²) in [6.45, 7) is 0. The van der Waals surface area contributed by atoms with Crippen LogP contribution < -0.4 is 10.4 Å². The maximum atomic E-state index is 13.2. The molecule has 0 spiro atoms. The third-order valence-electron chi connectivity index (χ3n) is 3.97. The van der Waals surface area contributed by atoms with Crippen molar-refractivity contribution in [1.82, 2.24) is 15.4 Å². The quantitative estimate of drug-likeness (QED) is 0.486. The Balaban J connectivity index is 1.99. The van der Waals surface area contributed by atoms with E-state index in [-0.39, 0.29) is 17.4 Å². The summed E-state index contributed by atoms with van der Waals surface area (Å²) in [5, 5.41) is 0.359. The van der Waals surface area contributed by atoms with Crippen molar-refractivity contribution in [1.29, 1.82) is 0 Å². The van der Waals surface area contributed by atoms with E-state index in [1.807, 2.05) is 0 Å². The van der Waals surface area contributed by atoms with E-state index < -0.39 is 46.4 Å². The fraction of sp³-hybridized carbons (Fsp3) is 0.167. The van der Waals surface area contributed by atoms with Crippen molar-refractivity contribution in [2.75, 3.05) is 12.1 Å². The number of aromatic nitrogens is 2. The van der Waals surface area contributed by atoms with Crippen LogP contribution in [0.1, 0.15) is 21.6 Å². The van der Waals surface area contributed by atoms with Gasteiger partial charge >= 0.3 is 12.4 Å². The van der Waals surface area contributed by atoms with Crippen LogP contribution in [0.3, 0.4) is 0 Å². The number of amides is 1. The molecule has 0 aliphatic rings. The summed E-state index contributed by atoms with van der Waals surface area (Å²) in [4.78, 5) is 19.1. The molecular weight excluding hydrogens is 421 g/mol. The minimum Gasteiger partial charge on any atom is -0.271 e. The number of benzene rings is 1. The highest BCUT2D eigenvalue weighted by Gasteiger charge is 2.39. The molecule has 0 radical (unpaired) electrons. The third-order valence-corrected chi connectivity index (χ3v) is 3.97. The normalized spacial score (nSPS) is 12.1. The molecule has 2 heterocycles. The number of alkyl halides is 6. The summed E-state index contributed by atoms with van der Waals surface area (Å²) < 4.78 is 91.5. The number of hydrogen-bond acceptors (Lipinski definition) is 4. The Kier molecular flexibility index (Phi) is 5.27. The maximum absolute atomic E-state index is 13.2. The number of pyridine rings is 2. The molecule has 0 saturated heterocycles. The lowest BCUT2D eigenvalue weighted by molar-refractivity contribution is -0.144. The van der Waals surface area contributed by atoms with E-state index in [1.54, 1.807) is 0 Å². The lowest BCUT2D eigenvalue weighted by atomic mass is 10.1. The van der Waals surface area contributed by atoms with E-state index in [4.69, 9.17) is 0 Å². The lowest BCUT2D eigenvalue weighted by Crippen LogP contribution is -2.39. The summed E-state index contributed by atoms with van der Waals surface area (Å²) >= 11 is 0. The zero-order valence-corrected chi connectivity index (χ0v) is 14.9. The van der Waals surface area contributed by atoms with Crippen molar-refractivity contribution in [3.05, 3.63) is 65.1 Å². The summed E-state index contributed by atoms with van der Waals surface area (Å²) in [6, 6.07) is 6.39. The van der Waals surface area contributed by atoms with Crippen LogP contribution in [0.15, 0.2) is 42.5 Å². The van der Waals surface area contributed by atoms with Gasteiger partial charge in [-0.2, -0.15) is 26.3 Å². The number of hydrazine groups is 1. The number of carbonyl (C=O) groups is 1. The Morgan fingerprint density at radius 3 is 2.13 bits per heavy atom. The fourth-order valence-corrected chi connectivity index (χ4v) is 2.54. The Bertz CT molecular complexity index is 1090. The van der Waals surface area contributed by atoms with Crippen molar-refractivity contribution in [2.24, 2.45) is 0 Å². The Morgan fingerprint density at radius 2 is 1.57 bits per heavy atom. The molecule has 0 aliphatic heterocycles. The van der Waals surface area contributed by atoms with Crippen LogP contribution in [0.5, 0.6) is 0 Å². The molecule has 158 valence electrons. The molecule has 0 atom stereocenters. The van der Waals surface area contributed by atoms with E-state index >= 15 is 0 Å². The molecule has 30 heavy (non-hydrogen) atoms.